The van der Waals surface area contributed by atoms with E-state index in [0.29, 0.717) is 5.69 Å². The second-order valence-electron chi connectivity index (χ2n) is 3.83. The molecule has 0 fully saturated rings. The summed E-state index contributed by atoms with van der Waals surface area (Å²) >= 11 is 0. The van der Waals surface area contributed by atoms with Crippen LogP contribution >= 0.6 is 0 Å². The highest BCUT2D eigenvalue weighted by Gasteiger charge is 2.13. The van der Waals surface area contributed by atoms with Crippen molar-refractivity contribution in [1.29, 1.82) is 0 Å². The van der Waals surface area contributed by atoms with Crippen LogP contribution in [0.2, 0.25) is 0 Å². The number of hydrogen-bond acceptors (Lipinski definition) is 4. The number of amides is 1. The monoisotopic (exact) mass is 237 g/mol. The van der Waals surface area contributed by atoms with Crippen LogP contribution in [0.3, 0.4) is 0 Å². The molecule has 1 heterocycles. The van der Waals surface area contributed by atoms with Crippen molar-refractivity contribution in [2.45, 2.75) is 13.0 Å². The lowest BCUT2D eigenvalue weighted by molar-refractivity contribution is -0.137. The molecule has 1 aromatic rings. The number of nitrogens with zero attached hydrogens (tertiary/aromatic N) is 2. The lowest BCUT2D eigenvalue weighted by Crippen LogP contribution is -2.26. The van der Waals surface area contributed by atoms with E-state index >= 15 is 0 Å². The Labute approximate surface area is 99.3 Å². The molecule has 0 aliphatic carbocycles. The topological polar surface area (TPSA) is 82.5 Å². The van der Waals surface area contributed by atoms with Gasteiger partial charge in [-0.05, 0) is 19.1 Å². The summed E-state index contributed by atoms with van der Waals surface area (Å²) in [5.74, 6) is -1.18. The Kier molecular flexibility index (Phi) is 4.03. The molecule has 2 N–H and O–H groups in total. The summed E-state index contributed by atoms with van der Waals surface area (Å²) in [6, 6.07) is 2.42. The molecule has 0 radical (unpaired) electrons. The van der Waals surface area contributed by atoms with Gasteiger partial charge in [-0.2, -0.15) is 0 Å². The minimum absolute atomic E-state index is 0.225. The number of carbonyl (C=O) groups excluding carboxylic acids is 1. The standard InChI is InChI=1S/C11H15N3O3/c1-7(11(16)17)13-8-4-5-12-9(6-8)10(15)14(2)3/h4-7H,1-3H3,(H,12,13)(H,16,17). The van der Waals surface area contributed by atoms with Crippen molar-refractivity contribution in [3.63, 3.8) is 0 Å². The summed E-state index contributed by atoms with van der Waals surface area (Å²) in [5.41, 5.74) is 0.831. The molecule has 0 saturated carbocycles. The average molecular weight is 237 g/mol. The number of nitrogens with one attached hydrogen (secondary N) is 1. The first-order chi connectivity index (χ1) is 7.91. The summed E-state index contributed by atoms with van der Waals surface area (Å²) in [4.78, 5) is 27.7. The van der Waals surface area contributed by atoms with E-state index in [1.807, 2.05) is 0 Å². The summed E-state index contributed by atoms with van der Waals surface area (Å²) in [6.07, 6.45) is 1.47. The van der Waals surface area contributed by atoms with Crippen molar-refractivity contribution >= 4 is 17.6 Å². The minimum Gasteiger partial charge on any atom is -0.480 e. The van der Waals surface area contributed by atoms with E-state index in [1.54, 1.807) is 20.2 Å². The maximum atomic E-state index is 11.6. The summed E-state index contributed by atoms with van der Waals surface area (Å²) in [6.45, 7) is 1.52. The molecule has 0 spiro atoms. The van der Waals surface area contributed by atoms with Gasteiger partial charge in [0.15, 0.2) is 0 Å². The van der Waals surface area contributed by atoms with Gasteiger partial charge >= 0.3 is 5.97 Å². The zero-order valence-electron chi connectivity index (χ0n) is 9.97. The number of rotatable bonds is 4. The number of aliphatic carboxylic acids is 1. The molecular formula is C11H15N3O3. The molecule has 1 unspecified atom stereocenters. The third kappa shape index (κ3) is 3.44. The van der Waals surface area contributed by atoms with Crippen molar-refractivity contribution in [2.24, 2.45) is 0 Å². The largest absolute Gasteiger partial charge is 0.480 e. The molecule has 92 valence electrons. The zero-order chi connectivity index (χ0) is 13.0. The van der Waals surface area contributed by atoms with Crippen LogP contribution in [0.15, 0.2) is 18.3 Å². The van der Waals surface area contributed by atoms with Gasteiger partial charge < -0.3 is 15.3 Å². The predicted molar refractivity (Wildman–Crippen MR) is 63.0 cm³/mol. The number of carboxylic acid groups (broad SMARTS) is 1. The van der Waals surface area contributed by atoms with Crippen LogP contribution < -0.4 is 5.32 Å². The van der Waals surface area contributed by atoms with Crippen molar-refractivity contribution in [2.75, 3.05) is 19.4 Å². The van der Waals surface area contributed by atoms with Gasteiger partial charge in [0.1, 0.15) is 11.7 Å². The van der Waals surface area contributed by atoms with Crippen LogP contribution in [0.25, 0.3) is 0 Å². The quantitative estimate of drug-likeness (QED) is 0.804. The minimum atomic E-state index is -0.956. The van der Waals surface area contributed by atoms with Gasteiger partial charge in [0, 0.05) is 26.0 Å². The van der Waals surface area contributed by atoms with Crippen LogP contribution in [-0.4, -0.2) is 47.0 Å². The van der Waals surface area contributed by atoms with Crippen molar-refractivity contribution < 1.29 is 14.7 Å². The molecule has 1 atom stereocenters. The van der Waals surface area contributed by atoms with E-state index in [4.69, 9.17) is 5.11 Å². The Balaban J connectivity index is 2.86. The van der Waals surface area contributed by atoms with Crippen molar-refractivity contribution in [3.8, 4) is 0 Å². The first-order valence-electron chi connectivity index (χ1n) is 5.09. The highest BCUT2D eigenvalue weighted by atomic mass is 16.4. The van der Waals surface area contributed by atoms with Crippen LogP contribution in [0, 0.1) is 0 Å². The fourth-order valence-corrected chi connectivity index (χ4v) is 1.18. The van der Waals surface area contributed by atoms with Crippen LogP contribution in [0.1, 0.15) is 17.4 Å². The summed E-state index contributed by atoms with van der Waals surface area (Å²) in [5, 5.41) is 11.5. The summed E-state index contributed by atoms with van der Waals surface area (Å²) in [7, 11) is 3.26. The molecule has 6 nitrogen and oxygen atoms in total. The molecule has 0 aliphatic heterocycles. The van der Waals surface area contributed by atoms with Crippen LogP contribution in [0.4, 0.5) is 5.69 Å². The highest BCUT2D eigenvalue weighted by molar-refractivity contribution is 5.92. The molecule has 0 aromatic carbocycles. The Morgan fingerprint density at radius 1 is 1.47 bits per heavy atom. The van der Waals surface area contributed by atoms with E-state index in [9.17, 15) is 9.59 Å². The first-order valence-corrected chi connectivity index (χ1v) is 5.09. The zero-order valence-corrected chi connectivity index (χ0v) is 9.97. The van der Waals surface area contributed by atoms with Crippen LogP contribution in [0.5, 0.6) is 0 Å². The highest BCUT2D eigenvalue weighted by Crippen LogP contribution is 2.10. The van der Waals surface area contributed by atoms with Crippen LogP contribution in [-0.2, 0) is 4.79 Å². The van der Waals surface area contributed by atoms with E-state index in [0.717, 1.165) is 0 Å². The molecule has 0 bridgehead atoms. The molecule has 1 amide bonds. The summed E-state index contributed by atoms with van der Waals surface area (Å²) < 4.78 is 0. The van der Waals surface area contributed by atoms with Gasteiger partial charge in [-0.3, -0.25) is 14.6 Å². The van der Waals surface area contributed by atoms with E-state index in [2.05, 4.69) is 10.3 Å². The molecule has 17 heavy (non-hydrogen) atoms. The smallest absolute Gasteiger partial charge is 0.325 e. The normalized spacial score (nSPS) is 11.7. The Morgan fingerprint density at radius 2 is 2.12 bits per heavy atom. The second kappa shape index (κ2) is 5.29. The van der Waals surface area contributed by atoms with Gasteiger partial charge in [0.25, 0.3) is 5.91 Å². The maximum Gasteiger partial charge on any atom is 0.325 e. The average Bonchev–Trinajstić information content (AvgIpc) is 2.28. The number of anilines is 1. The SMILES string of the molecule is CC(Nc1ccnc(C(=O)N(C)C)c1)C(=O)O. The second-order valence-corrected chi connectivity index (χ2v) is 3.83. The fourth-order valence-electron chi connectivity index (χ4n) is 1.18. The number of pyridine rings is 1. The Hall–Kier alpha value is -2.11. The molecule has 0 aliphatic rings. The van der Waals surface area contributed by atoms with E-state index in [-0.39, 0.29) is 11.6 Å². The first kappa shape index (κ1) is 13.0. The van der Waals surface area contributed by atoms with Crippen molar-refractivity contribution in [3.05, 3.63) is 24.0 Å². The lowest BCUT2D eigenvalue weighted by atomic mass is 10.2. The number of carbonyl (C=O) groups is 2. The van der Waals surface area contributed by atoms with Gasteiger partial charge in [-0.1, -0.05) is 0 Å². The molecule has 1 rings (SSSR count). The third-order valence-electron chi connectivity index (χ3n) is 2.14. The molecule has 1 aromatic heterocycles. The van der Waals surface area contributed by atoms with Gasteiger partial charge in [0.05, 0.1) is 0 Å². The van der Waals surface area contributed by atoms with E-state index in [1.165, 1.54) is 24.1 Å². The number of hydrogen-bond donors (Lipinski definition) is 2. The Morgan fingerprint density at radius 3 is 2.65 bits per heavy atom. The molecule has 6 heteroatoms. The van der Waals surface area contributed by atoms with Crippen molar-refractivity contribution in [1.82, 2.24) is 9.88 Å². The third-order valence-corrected chi connectivity index (χ3v) is 2.14. The maximum absolute atomic E-state index is 11.6. The molecular weight excluding hydrogens is 222 g/mol. The lowest BCUT2D eigenvalue weighted by Gasteiger charge is -2.13. The van der Waals surface area contributed by atoms with E-state index < -0.39 is 12.0 Å². The van der Waals surface area contributed by atoms with Gasteiger partial charge in [-0.15, -0.1) is 0 Å². The fraction of sp³-hybridized carbons (Fsp3) is 0.364. The molecule has 0 saturated heterocycles. The number of aromatic nitrogens is 1. The predicted octanol–water partition coefficient (Wildman–Crippen LogP) is 0.668. The van der Waals surface area contributed by atoms with Gasteiger partial charge in [-0.25, -0.2) is 0 Å². The van der Waals surface area contributed by atoms with Gasteiger partial charge in [0.2, 0.25) is 0 Å². The number of carboxylic acids is 1. The Bertz CT molecular complexity index is 432.